The zero-order chi connectivity index (χ0) is 18.8. The number of hydrogen-bond donors (Lipinski definition) is 2. The van der Waals surface area contributed by atoms with Gasteiger partial charge in [-0.15, -0.1) is 0 Å². The van der Waals surface area contributed by atoms with Crippen molar-refractivity contribution in [3.63, 3.8) is 0 Å². The van der Waals surface area contributed by atoms with E-state index in [9.17, 15) is 4.79 Å². The molecule has 6 heteroatoms. The van der Waals surface area contributed by atoms with Crippen molar-refractivity contribution in [2.45, 2.75) is 89.8 Å². The summed E-state index contributed by atoms with van der Waals surface area (Å²) in [6.07, 6.45) is 12.1. The van der Waals surface area contributed by atoms with E-state index >= 15 is 0 Å². The average Bonchev–Trinajstić information content (AvgIpc) is 3.20. The molecule has 2 N–H and O–H groups in total. The Hall–Kier alpha value is -0.880. The topological polar surface area (TPSA) is 67.8 Å². The van der Waals surface area contributed by atoms with Gasteiger partial charge in [0, 0.05) is 13.0 Å². The molecule has 0 aromatic rings. The lowest BCUT2D eigenvalue weighted by Gasteiger charge is -2.28. The fourth-order valence-electron chi connectivity index (χ4n) is 4.39. The van der Waals surface area contributed by atoms with Crippen LogP contribution < -0.4 is 5.32 Å². The van der Waals surface area contributed by atoms with Crippen molar-refractivity contribution in [2.24, 2.45) is 11.8 Å². The first kappa shape index (κ1) is 21.4. The molecule has 2 aliphatic rings. The van der Waals surface area contributed by atoms with E-state index in [1.165, 1.54) is 25.7 Å². The Balaban J connectivity index is 1.63. The molecule has 2 fully saturated rings. The summed E-state index contributed by atoms with van der Waals surface area (Å²) in [7, 11) is 0. The van der Waals surface area contributed by atoms with Crippen LogP contribution in [0.5, 0.6) is 0 Å². The monoisotopic (exact) mass is 385 g/mol. The Morgan fingerprint density at radius 1 is 1.12 bits per heavy atom. The second kappa shape index (κ2) is 11.8. The zero-order valence-electron chi connectivity index (χ0n) is 16.1. The normalized spacial score (nSPS) is 26.8. The maximum absolute atomic E-state index is 10.6. The summed E-state index contributed by atoms with van der Waals surface area (Å²) in [5.74, 6) is 0.540. The Morgan fingerprint density at radius 2 is 1.81 bits per heavy atom. The minimum Gasteiger partial charge on any atom is -0.481 e. The third kappa shape index (κ3) is 7.03. The van der Waals surface area contributed by atoms with Crippen LogP contribution >= 0.6 is 12.2 Å². The molecule has 4 atom stereocenters. The van der Waals surface area contributed by atoms with Crippen molar-refractivity contribution >= 4 is 23.4 Å². The molecule has 0 aromatic carbocycles. The molecule has 150 valence electrons. The highest BCUT2D eigenvalue weighted by atomic mass is 32.1. The van der Waals surface area contributed by atoms with Gasteiger partial charge < -0.3 is 19.9 Å². The highest BCUT2D eigenvalue weighted by Crippen LogP contribution is 2.47. The van der Waals surface area contributed by atoms with E-state index in [1.54, 1.807) is 0 Å². The van der Waals surface area contributed by atoms with Crippen LogP contribution in [-0.2, 0) is 14.3 Å². The number of hydrogen-bond acceptors (Lipinski definition) is 4. The standard InChI is InChI=1S/C20H35NO4S/c1-2-3-13-21-20(26)24-14-12-16-15(17-10-11-18(16)25-17)8-6-4-5-7-9-19(22)23/h15-18H,2-14H2,1H3,(H,21,26)(H,22,23)/t15-,16-,17+,18-/m0/s1. The molecular weight excluding hydrogens is 350 g/mol. The fourth-order valence-corrected chi connectivity index (χ4v) is 4.57. The first-order valence-electron chi connectivity index (χ1n) is 10.4. The van der Waals surface area contributed by atoms with Crippen LogP contribution in [0.4, 0.5) is 0 Å². The van der Waals surface area contributed by atoms with Gasteiger partial charge in [-0.3, -0.25) is 4.79 Å². The molecule has 2 bridgehead atoms. The number of rotatable bonds is 13. The molecule has 2 aliphatic heterocycles. The number of nitrogens with one attached hydrogen (secondary N) is 1. The highest BCUT2D eigenvalue weighted by Gasteiger charge is 2.47. The van der Waals surface area contributed by atoms with Crippen LogP contribution in [0.1, 0.15) is 77.6 Å². The van der Waals surface area contributed by atoms with E-state index in [1.807, 2.05) is 0 Å². The summed E-state index contributed by atoms with van der Waals surface area (Å²) in [4.78, 5) is 10.6. The lowest BCUT2D eigenvalue weighted by Crippen LogP contribution is -2.30. The summed E-state index contributed by atoms with van der Waals surface area (Å²) < 4.78 is 11.9. The number of thiocarbonyl (C=S) groups is 1. The van der Waals surface area contributed by atoms with Crippen LogP contribution in [0.15, 0.2) is 0 Å². The molecule has 0 unspecified atom stereocenters. The Kier molecular flexibility index (Phi) is 9.68. The summed E-state index contributed by atoms with van der Waals surface area (Å²) in [6, 6.07) is 0. The van der Waals surface area contributed by atoms with Crippen LogP contribution in [-0.4, -0.2) is 41.6 Å². The highest BCUT2D eigenvalue weighted by molar-refractivity contribution is 7.80. The van der Waals surface area contributed by atoms with E-state index in [2.05, 4.69) is 12.2 Å². The van der Waals surface area contributed by atoms with E-state index in [-0.39, 0.29) is 0 Å². The van der Waals surface area contributed by atoms with E-state index in [4.69, 9.17) is 26.8 Å². The fraction of sp³-hybridized carbons (Fsp3) is 0.900. The van der Waals surface area contributed by atoms with Gasteiger partial charge in [-0.25, -0.2) is 0 Å². The summed E-state index contributed by atoms with van der Waals surface area (Å²) in [5, 5.41) is 12.4. The summed E-state index contributed by atoms with van der Waals surface area (Å²) in [6.45, 7) is 3.72. The third-order valence-corrected chi connectivity index (χ3v) is 6.01. The van der Waals surface area contributed by atoms with Crippen molar-refractivity contribution in [3.05, 3.63) is 0 Å². The van der Waals surface area contributed by atoms with Gasteiger partial charge in [-0.05, 0) is 62.6 Å². The number of carboxylic acid groups (broad SMARTS) is 1. The number of fused-ring (bicyclic) bond motifs is 2. The molecule has 0 aromatic heterocycles. The molecule has 0 amide bonds. The Labute approximate surface area is 163 Å². The molecule has 0 aliphatic carbocycles. The van der Waals surface area contributed by atoms with Crippen molar-refractivity contribution in [1.29, 1.82) is 0 Å². The molecular formula is C20H35NO4S. The van der Waals surface area contributed by atoms with Gasteiger partial charge >= 0.3 is 5.97 Å². The van der Waals surface area contributed by atoms with E-state index in [0.29, 0.717) is 42.2 Å². The third-order valence-electron chi connectivity index (χ3n) is 5.75. The van der Waals surface area contributed by atoms with Gasteiger partial charge in [0.2, 0.25) is 0 Å². The number of unbranched alkanes of at least 4 members (excludes halogenated alkanes) is 4. The minimum absolute atomic E-state index is 0.295. The second-order valence-corrected chi connectivity index (χ2v) is 8.04. The largest absolute Gasteiger partial charge is 0.481 e. The van der Waals surface area contributed by atoms with E-state index < -0.39 is 5.97 Å². The van der Waals surface area contributed by atoms with E-state index in [0.717, 1.165) is 45.1 Å². The van der Waals surface area contributed by atoms with Crippen LogP contribution in [0.25, 0.3) is 0 Å². The summed E-state index contributed by atoms with van der Waals surface area (Å²) in [5.41, 5.74) is 0. The molecule has 26 heavy (non-hydrogen) atoms. The Morgan fingerprint density at radius 3 is 2.50 bits per heavy atom. The molecule has 2 saturated heterocycles. The Bertz CT molecular complexity index is 446. The van der Waals surface area contributed by atoms with Gasteiger partial charge in [-0.1, -0.05) is 32.6 Å². The predicted molar refractivity (Wildman–Crippen MR) is 106 cm³/mol. The van der Waals surface area contributed by atoms with Crippen LogP contribution in [0, 0.1) is 11.8 Å². The first-order valence-corrected chi connectivity index (χ1v) is 10.8. The van der Waals surface area contributed by atoms with Crippen molar-refractivity contribution in [1.82, 2.24) is 5.32 Å². The molecule has 0 radical (unpaired) electrons. The number of ether oxygens (including phenoxy) is 2. The molecule has 2 heterocycles. The van der Waals surface area contributed by atoms with Gasteiger partial charge in [0.1, 0.15) is 0 Å². The van der Waals surface area contributed by atoms with Gasteiger partial charge in [0.15, 0.2) is 0 Å². The second-order valence-electron chi connectivity index (χ2n) is 7.67. The van der Waals surface area contributed by atoms with Crippen molar-refractivity contribution in [3.8, 4) is 0 Å². The number of carboxylic acids is 1. The zero-order valence-corrected chi connectivity index (χ0v) is 16.9. The summed E-state index contributed by atoms with van der Waals surface area (Å²) >= 11 is 5.23. The smallest absolute Gasteiger partial charge is 0.303 e. The van der Waals surface area contributed by atoms with Gasteiger partial charge in [-0.2, -0.15) is 0 Å². The minimum atomic E-state index is -0.686. The molecule has 5 nitrogen and oxygen atoms in total. The van der Waals surface area contributed by atoms with Crippen LogP contribution in [0.2, 0.25) is 0 Å². The maximum Gasteiger partial charge on any atom is 0.303 e. The molecule has 0 spiro atoms. The van der Waals surface area contributed by atoms with Crippen molar-refractivity contribution in [2.75, 3.05) is 13.2 Å². The lowest BCUT2D eigenvalue weighted by molar-refractivity contribution is -0.137. The van der Waals surface area contributed by atoms with Crippen molar-refractivity contribution < 1.29 is 19.4 Å². The predicted octanol–water partition coefficient (Wildman–Crippen LogP) is 4.29. The SMILES string of the molecule is CCCCNC(=S)OCC[C@H]1[C@H](CCCCCCC(=O)O)[C@H]2CC[C@@H]1O2. The first-order chi connectivity index (χ1) is 12.6. The lowest BCUT2D eigenvalue weighted by atomic mass is 9.75. The average molecular weight is 386 g/mol. The number of aliphatic carboxylic acids is 1. The quantitative estimate of drug-likeness (QED) is 0.364. The molecule has 2 rings (SSSR count). The number of carbonyl (C=O) groups is 1. The van der Waals surface area contributed by atoms with Gasteiger partial charge in [0.25, 0.3) is 5.17 Å². The maximum atomic E-state index is 10.6. The van der Waals surface area contributed by atoms with Crippen LogP contribution in [0.3, 0.4) is 0 Å². The molecule has 0 saturated carbocycles. The van der Waals surface area contributed by atoms with Gasteiger partial charge in [0.05, 0.1) is 18.8 Å².